The van der Waals surface area contributed by atoms with E-state index >= 15 is 0 Å². The maximum Gasteiger partial charge on any atom is 0.108 e. The minimum absolute atomic E-state index is 0.907. The largest absolute Gasteiger partial charge is 0.255 e. The van der Waals surface area contributed by atoms with E-state index in [1.807, 2.05) is 24.4 Å². The normalized spacial score (nSPS) is 14.8. The predicted molar refractivity (Wildman–Crippen MR) is 161 cm³/mol. The standard InChI is InChI=1S/C34H36N2Si/c1-21-16-23(3)31(24(4)17-21)27-20-37(7,8)34(33(27)32-25(5)18-22(2)19-26(32)6)30-14-11-13-29(36-30)28-12-9-10-15-35-28/h9-20H,1-8H3. The topological polar surface area (TPSA) is 25.8 Å². The molecule has 0 aliphatic carbocycles. The Morgan fingerprint density at radius 3 is 1.70 bits per heavy atom. The minimum atomic E-state index is -2.01. The third-order valence-corrected chi connectivity index (χ3v) is 10.3. The zero-order valence-corrected chi connectivity index (χ0v) is 24.3. The molecule has 1 aliphatic rings. The van der Waals surface area contributed by atoms with E-state index in [-0.39, 0.29) is 0 Å². The molecular weight excluding hydrogens is 464 g/mol. The van der Waals surface area contributed by atoms with Gasteiger partial charge in [-0.1, -0.05) is 66.3 Å². The first kappa shape index (κ1) is 25.1. The number of pyridine rings is 2. The molecular formula is C34H36N2Si. The molecule has 0 spiro atoms. The van der Waals surface area contributed by atoms with Gasteiger partial charge in [0.25, 0.3) is 0 Å². The molecule has 3 heterocycles. The minimum Gasteiger partial charge on any atom is -0.255 e. The van der Waals surface area contributed by atoms with Crippen LogP contribution in [0, 0.1) is 41.5 Å². The monoisotopic (exact) mass is 500 g/mol. The summed E-state index contributed by atoms with van der Waals surface area (Å²) in [7, 11) is -2.01. The van der Waals surface area contributed by atoms with Gasteiger partial charge in [0, 0.05) is 6.20 Å². The van der Waals surface area contributed by atoms with Crippen molar-refractivity contribution < 1.29 is 0 Å². The maximum absolute atomic E-state index is 5.24. The number of nitrogens with zero attached hydrogens (tertiary/aromatic N) is 2. The highest BCUT2D eigenvalue weighted by Gasteiger charge is 2.38. The zero-order chi connectivity index (χ0) is 26.5. The summed E-state index contributed by atoms with van der Waals surface area (Å²) in [5, 5.41) is 1.41. The summed E-state index contributed by atoms with van der Waals surface area (Å²) < 4.78 is 0. The van der Waals surface area contributed by atoms with Crippen LogP contribution in [0.1, 0.15) is 50.2 Å². The molecule has 3 heteroatoms. The maximum atomic E-state index is 5.24. The van der Waals surface area contributed by atoms with Gasteiger partial charge in [-0.05, 0) is 116 Å². The molecule has 186 valence electrons. The Morgan fingerprint density at radius 1 is 0.595 bits per heavy atom. The number of aromatic nitrogens is 2. The summed E-state index contributed by atoms with van der Waals surface area (Å²) in [5.41, 5.74) is 18.9. The van der Waals surface area contributed by atoms with E-state index in [1.165, 1.54) is 60.9 Å². The molecule has 1 aliphatic heterocycles. The van der Waals surface area contributed by atoms with Gasteiger partial charge >= 0.3 is 0 Å². The lowest BCUT2D eigenvalue weighted by atomic mass is 9.83. The van der Waals surface area contributed by atoms with E-state index in [1.54, 1.807) is 0 Å². The summed E-state index contributed by atoms with van der Waals surface area (Å²) in [6, 6.07) is 21.7. The van der Waals surface area contributed by atoms with Crippen molar-refractivity contribution in [1.82, 2.24) is 9.97 Å². The number of allylic oxidation sites excluding steroid dienone is 2. The van der Waals surface area contributed by atoms with Gasteiger partial charge in [-0.15, -0.1) is 0 Å². The Hall–Kier alpha value is -3.56. The molecule has 0 atom stereocenters. The molecule has 0 fully saturated rings. The fourth-order valence-corrected chi connectivity index (χ4v) is 9.15. The first-order valence-electron chi connectivity index (χ1n) is 13.1. The molecule has 0 radical (unpaired) electrons. The van der Waals surface area contributed by atoms with Crippen molar-refractivity contribution in [2.75, 3.05) is 0 Å². The Morgan fingerprint density at radius 2 is 1.14 bits per heavy atom. The molecule has 5 rings (SSSR count). The van der Waals surface area contributed by atoms with Crippen LogP contribution in [0.5, 0.6) is 0 Å². The van der Waals surface area contributed by atoms with Gasteiger partial charge in [0.05, 0.1) is 17.1 Å². The first-order valence-corrected chi connectivity index (χ1v) is 16.2. The smallest absolute Gasteiger partial charge is 0.108 e. The molecule has 0 amide bonds. The fourth-order valence-electron chi connectivity index (χ4n) is 6.29. The molecule has 2 aromatic heterocycles. The van der Waals surface area contributed by atoms with Gasteiger partial charge < -0.3 is 0 Å². The summed E-state index contributed by atoms with van der Waals surface area (Å²) in [6.07, 6.45) is 1.84. The van der Waals surface area contributed by atoms with Crippen LogP contribution in [0.25, 0.3) is 27.7 Å². The van der Waals surface area contributed by atoms with Crippen molar-refractivity contribution in [2.24, 2.45) is 0 Å². The van der Waals surface area contributed by atoms with Crippen molar-refractivity contribution in [3.63, 3.8) is 0 Å². The van der Waals surface area contributed by atoms with Crippen LogP contribution in [-0.4, -0.2) is 18.0 Å². The van der Waals surface area contributed by atoms with E-state index in [2.05, 4.69) is 108 Å². The fraction of sp³-hybridized carbons (Fsp3) is 0.235. The predicted octanol–water partition coefficient (Wildman–Crippen LogP) is 8.79. The lowest BCUT2D eigenvalue weighted by Gasteiger charge is -2.23. The highest BCUT2D eigenvalue weighted by molar-refractivity contribution is 7.02. The number of hydrogen-bond acceptors (Lipinski definition) is 2. The third kappa shape index (κ3) is 4.53. The Bertz CT molecular complexity index is 1540. The van der Waals surface area contributed by atoms with Crippen LogP contribution in [0.2, 0.25) is 13.1 Å². The number of aryl methyl sites for hydroxylation is 6. The van der Waals surface area contributed by atoms with Crippen LogP contribution in [0.15, 0.2) is 72.6 Å². The Balaban J connectivity index is 1.86. The van der Waals surface area contributed by atoms with Crippen molar-refractivity contribution in [3.05, 3.63) is 123 Å². The van der Waals surface area contributed by atoms with Crippen LogP contribution in [-0.2, 0) is 0 Å². The van der Waals surface area contributed by atoms with Gasteiger partial charge in [-0.3, -0.25) is 4.98 Å². The lowest BCUT2D eigenvalue weighted by molar-refractivity contribution is 1.23. The van der Waals surface area contributed by atoms with Crippen LogP contribution < -0.4 is 0 Å². The van der Waals surface area contributed by atoms with Gasteiger partial charge in [-0.25, -0.2) is 4.98 Å². The third-order valence-electron chi connectivity index (χ3n) is 7.47. The van der Waals surface area contributed by atoms with E-state index in [0.29, 0.717) is 0 Å². The highest BCUT2D eigenvalue weighted by Crippen LogP contribution is 2.50. The Labute approximate surface area is 222 Å². The van der Waals surface area contributed by atoms with Crippen molar-refractivity contribution in [3.8, 4) is 11.4 Å². The van der Waals surface area contributed by atoms with Gasteiger partial charge in [-0.2, -0.15) is 0 Å². The molecule has 0 saturated carbocycles. The molecule has 0 unspecified atom stereocenters. The Kier molecular flexibility index (Phi) is 6.37. The van der Waals surface area contributed by atoms with E-state index in [0.717, 1.165) is 17.1 Å². The SMILES string of the molecule is Cc1cc(C)c(C2=C[Si](C)(C)C(c3cccc(-c4ccccn4)n3)=C2c2c(C)cc(C)cc2C)c(C)c1. The summed E-state index contributed by atoms with van der Waals surface area (Å²) in [5.74, 6) is 0. The summed E-state index contributed by atoms with van der Waals surface area (Å²) in [4.78, 5) is 9.82. The zero-order valence-electron chi connectivity index (χ0n) is 23.3. The van der Waals surface area contributed by atoms with Crippen molar-refractivity contribution in [1.29, 1.82) is 0 Å². The average Bonchev–Trinajstić information content (AvgIpc) is 3.08. The van der Waals surface area contributed by atoms with Gasteiger partial charge in [0.15, 0.2) is 0 Å². The van der Waals surface area contributed by atoms with Crippen LogP contribution in [0.4, 0.5) is 0 Å². The summed E-state index contributed by atoms with van der Waals surface area (Å²) in [6.45, 7) is 18.3. The van der Waals surface area contributed by atoms with Crippen LogP contribution >= 0.6 is 0 Å². The van der Waals surface area contributed by atoms with E-state index < -0.39 is 8.07 Å². The molecule has 37 heavy (non-hydrogen) atoms. The van der Waals surface area contributed by atoms with E-state index in [9.17, 15) is 0 Å². The molecule has 0 bridgehead atoms. The quantitative estimate of drug-likeness (QED) is 0.262. The van der Waals surface area contributed by atoms with Gasteiger partial charge in [0.2, 0.25) is 0 Å². The number of hydrogen-bond donors (Lipinski definition) is 0. The van der Waals surface area contributed by atoms with E-state index in [4.69, 9.17) is 4.98 Å². The second-order valence-electron chi connectivity index (χ2n) is 11.2. The molecule has 2 nitrogen and oxygen atoms in total. The number of rotatable bonds is 4. The van der Waals surface area contributed by atoms with Crippen LogP contribution in [0.3, 0.4) is 0 Å². The number of benzene rings is 2. The second kappa shape index (κ2) is 9.39. The van der Waals surface area contributed by atoms with Crippen molar-refractivity contribution in [2.45, 2.75) is 54.6 Å². The van der Waals surface area contributed by atoms with Gasteiger partial charge in [0.1, 0.15) is 8.07 Å². The second-order valence-corrected chi connectivity index (χ2v) is 15.4. The highest BCUT2D eigenvalue weighted by atomic mass is 28.3. The molecule has 4 aromatic rings. The average molecular weight is 501 g/mol. The molecule has 2 aromatic carbocycles. The first-order chi connectivity index (χ1) is 17.6. The lowest BCUT2D eigenvalue weighted by Crippen LogP contribution is -2.24. The molecule has 0 N–H and O–H groups in total. The van der Waals surface area contributed by atoms with Crippen molar-refractivity contribution >= 4 is 24.4 Å². The summed E-state index contributed by atoms with van der Waals surface area (Å²) >= 11 is 0. The molecule has 0 saturated heterocycles.